The van der Waals surface area contributed by atoms with Crippen molar-refractivity contribution in [2.45, 2.75) is 32.7 Å². The van der Waals surface area contributed by atoms with Crippen molar-refractivity contribution in [3.8, 4) is 17.6 Å². The SMILES string of the molecule is COc1ccc(C(C)NC(=O)/C(C#N)=C\N2CCC(C)CC2)cc1OC. The van der Waals surface area contributed by atoms with E-state index < -0.39 is 0 Å². The van der Waals surface area contributed by atoms with Crippen LogP contribution in [0.15, 0.2) is 30.0 Å². The van der Waals surface area contributed by atoms with Crippen molar-refractivity contribution in [2.24, 2.45) is 5.92 Å². The number of hydrogen-bond donors (Lipinski definition) is 1. The Hall–Kier alpha value is -2.68. The van der Waals surface area contributed by atoms with Gasteiger partial charge >= 0.3 is 0 Å². The van der Waals surface area contributed by atoms with Crippen LogP contribution in [0.1, 0.15) is 38.3 Å². The second-order valence-electron chi connectivity index (χ2n) is 6.68. The van der Waals surface area contributed by atoms with Gasteiger partial charge in [-0.05, 0) is 43.4 Å². The lowest BCUT2D eigenvalue weighted by atomic mass is 9.99. The van der Waals surface area contributed by atoms with E-state index in [1.165, 1.54) is 0 Å². The highest BCUT2D eigenvalue weighted by atomic mass is 16.5. The first-order valence-corrected chi connectivity index (χ1v) is 8.87. The third-order valence-electron chi connectivity index (χ3n) is 4.75. The molecule has 0 spiro atoms. The highest BCUT2D eigenvalue weighted by Crippen LogP contribution is 2.30. The Kier molecular flexibility index (Phi) is 6.90. The fraction of sp³-hybridized carbons (Fsp3) is 0.500. The summed E-state index contributed by atoms with van der Waals surface area (Å²) in [6.45, 7) is 5.86. The number of amides is 1. The number of ether oxygens (including phenoxy) is 2. The van der Waals surface area contributed by atoms with E-state index in [4.69, 9.17) is 9.47 Å². The highest BCUT2D eigenvalue weighted by molar-refractivity contribution is 5.97. The Morgan fingerprint density at radius 3 is 2.54 bits per heavy atom. The van der Waals surface area contributed by atoms with Crippen molar-refractivity contribution in [3.05, 3.63) is 35.5 Å². The number of methoxy groups -OCH3 is 2. The van der Waals surface area contributed by atoms with Crippen LogP contribution >= 0.6 is 0 Å². The first kappa shape index (κ1) is 19.6. The van der Waals surface area contributed by atoms with E-state index >= 15 is 0 Å². The summed E-state index contributed by atoms with van der Waals surface area (Å²) in [7, 11) is 3.15. The molecule has 0 aromatic heterocycles. The van der Waals surface area contributed by atoms with E-state index in [1.807, 2.05) is 25.1 Å². The summed E-state index contributed by atoms with van der Waals surface area (Å²) in [6.07, 6.45) is 3.85. The van der Waals surface area contributed by atoms with Gasteiger partial charge in [-0.1, -0.05) is 13.0 Å². The maximum atomic E-state index is 12.5. The van der Waals surface area contributed by atoms with E-state index in [2.05, 4.69) is 17.1 Å². The minimum atomic E-state index is -0.367. The summed E-state index contributed by atoms with van der Waals surface area (Å²) in [6, 6.07) is 7.25. The number of likely N-dealkylation sites (tertiary alicyclic amines) is 1. The summed E-state index contributed by atoms with van der Waals surface area (Å²) in [5, 5.41) is 12.3. The van der Waals surface area contributed by atoms with Gasteiger partial charge < -0.3 is 19.7 Å². The molecule has 2 rings (SSSR count). The monoisotopic (exact) mass is 357 g/mol. The average molecular weight is 357 g/mol. The minimum Gasteiger partial charge on any atom is -0.493 e. The second-order valence-corrected chi connectivity index (χ2v) is 6.68. The first-order chi connectivity index (χ1) is 12.5. The van der Waals surface area contributed by atoms with Gasteiger partial charge in [0.15, 0.2) is 11.5 Å². The predicted octanol–water partition coefficient (Wildman–Crippen LogP) is 3.02. The molecular weight excluding hydrogens is 330 g/mol. The van der Waals surface area contributed by atoms with Crippen LogP contribution in [-0.4, -0.2) is 38.1 Å². The Bertz CT molecular complexity index is 701. The molecule has 0 radical (unpaired) electrons. The van der Waals surface area contributed by atoms with Crippen LogP contribution in [0.4, 0.5) is 0 Å². The molecule has 0 saturated carbocycles. The second kappa shape index (κ2) is 9.14. The zero-order chi connectivity index (χ0) is 19.1. The zero-order valence-corrected chi connectivity index (χ0v) is 15.9. The summed E-state index contributed by atoms with van der Waals surface area (Å²) in [5.41, 5.74) is 1.01. The highest BCUT2D eigenvalue weighted by Gasteiger charge is 2.18. The Morgan fingerprint density at radius 2 is 1.96 bits per heavy atom. The lowest BCUT2D eigenvalue weighted by Crippen LogP contribution is -2.32. The quantitative estimate of drug-likeness (QED) is 0.626. The molecule has 140 valence electrons. The van der Waals surface area contributed by atoms with Gasteiger partial charge in [-0.25, -0.2) is 0 Å². The normalized spacial score (nSPS) is 16.6. The molecule has 1 saturated heterocycles. The average Bonchev–Trinajstić information content (AvgIpc) is 2.66. The number of nitrogens with one attached hydrogen (secondary N) is 1. The van der Waals surface area contributed by atoms with Gasteiger partial charge in [0.25, 0.3) is 5.91 Å². The number of carbonyl (C=O) groups is 1. The molecule has 0 bridgehead atoms. The van der Waals surface area contributed by atoms with Gasteiger partial charge in [0.05, 0.1) is 20.3 Å². The lowest BCUT2D eigenvalue weighted by molar-refractivity contribution is -0.117. The standard InChI is InChI=1S/C20H27N3O3/c1-14-7-9-23(10-8-14)13-17(12-21)20(24)22-15(2)16-5-6-18(25-3)19(11-16)26-4/h5-6,11,13-15H,7-10H2,1-4H3,(H,22,24)/b17-13-. The fourth-order valence-electron chi connectivity index (χ4n) is 2.96. The maximum absolute atomic E-state index is 12.5. The Balaban J connectivity index is 2.06. The molecule has 1 N–H and O–H groups in total. The molecule has 1 heterocycles. The van der Waals surface area contributed by atoms with Crippen LogP contribution < -0.4 is 14.8 Å². The molecule has 1 aliphatic heterocycles. The van der Waals surface area contributed by atoms with Crippen molar-refractivity contribution >= 4 is 5.91 Å². The predicted molar refractivity (Wildman–Crippen MR) is 99.8 cm³/mol. The number of carbonyl (C=O) groups excluding carboxylic acids is 1. The summed E-state index contributed by atoms with van der Waals surface area (Å²) in [4.78, 5) is 14.5. The van der Waals surface area contributed by atoms with Crippen LogP contribution in [0.3, 0.4) is 0 Å². The summed E-state index contributed by atoms with van der Waals surface area (Å²) in [5.74, 6) is 1.56. The van der Waals surface area contributed by atoms with Gasteiger partial charge in [0.1, 0.15) is 11.6 Å². The van der Waals surface area contributed by atoms with Gasteiger partial charge in [-0.3, -0.25) is 4.79 Å². The zero-order valence-electron chi connectivity index (χ0n) is 15.9. The van der Waals surface area contributed by atoms with Crippen LogP contribution in [0.25, 0.3) is 0 Å². The minimum absolute atomic E-state index is 0.131. The molecule has 1 amide bonds. The van der Waals surface area contributed by atoms with Crippen LogP contribution in [0.5, 0.6) is 11.5 Å². The number of rotatable bonds is 6. The number of piperidine rings is 1. The van der Waals surface area contributed by atoms with Gasteiger partial charge in [0, 0.05) is 19.3 Å². The topological polar surface area (TPSA) is 74.6 Å². The van der Waals surface area contributed by atoms with Crippen LogP contribution in [0, 0.1) is 17.2 Å². The number of benzene rings is 1. The molecule has 0 aliphatic carbocycles. The third kappa shape index (κ3) is 4.92. The fourth-order valence-corrected chi connectivity index (χ4v) is 2.96. The summed E-state index contributed by atoms with van der Waals surface area (Å²) < 4.78 is 10.5. The van der Waals surface area contributed by atoms with Crippen molar-refractivity contribution < 1.29 is 14.3 Å². The molecule has 1 aromatic carbocycles. The molecule has 1 fully saturated rings. The number of nitriles is 1. The smallest absolute Gasteiger partial charge is 0.263 e. The van der Waals surface area contributed by atoms with Crippen molar-refractivity contribution in [1.29, 1.82) is 5.26 Å². The van der Waals surface area contributed by atoms with E-state index in [-0.39, 0.29) is 17.5 Å². The van der Waals surface area contributed by atoms with Gasteiger partial charge in [-0.2, -0.15) is 5.26 Å². The van der Waals surface area contributed by atoms with Crippen LogP contribution in [-0.2, 0) is 4.79 Å². The van der Waals surface area contributed by atoms with Crippen molar-refractivity contribution in [1.82, 2.24) is 10.2 Å². The first-order valence-electron chi connectivity index (χ1n) is 8.87. The Morgan fingerprint density at radius 1 is 1.31 bits per heavy atom. The molecule has 1 aliphatic rings. The van der Waals surface area contributed by atoms with Crippen LogP contribution in [0.2, 0.25) is 0 Å². The summed E-state index contributed by atoms with van der Waals surface area (Å²) >= 11 is 0. The molecule has 6 heteroatoms. The van der Waals surface area contributed by atoms with Gasteiger partial charge in [-0.15, -0.1) is 0 Å². The molecule has 1 aromatic rings. The lowest BCUT2D eigenvalue weighted by Gasteiger charge is -2.29. The maximum Gasteiger partial charge on any atom is 0.263 e. The van der Waals surface area contributed by atoms with E-state index in [0.717, 1.165) is 31.5 Å². The van der Waals surface area contributed by atoms with E-state index in [9.17, 15) is 10.1 Å². The molecule has 6 nitrogen and oxygen atoms in total. The van der Waals surface area contributed by atoms with Crippen molar-refractivity contribution in [2.75, 3.05) is 27.3 Å². The molecule has 1 atom stereocenters. The number of nitrogens with zero attached hydrogens (tertiary/aromatic N) is 2. The molecular formula is C20H27N3O3. The number of hydrogen-bond acceptors (Lipinski definition) is 5. The molecule has 1 unspecified atom stereocenters. The largest absolute Gasteiger partial charge is 0.493 e. The van der Waals surface area contributed by atoms with E-state index in [0.29, 0.717) is 17.4 Å². The van der Waals surface area contributed by atoms with Gasteiger partial charge in [0.2, 0.25) is 0 Å². The van der Waals surface area contributed by atoms with Crippen molar-refractivity contribution in [3.63, 3.8) is 0 Å². The Labute approximate surface area is 155 Å². The third-order valence-corrected chi connectivity index (χ3v) is 4.75. The van der Waals surface area contributed by atoms with E-state index in [1.54, 1.807) is 26.5 Å². The molecule has 26 heavy (non-hydrogen) atoms.